The van der Waals surface area contributed by atoms with Gasteiger partial charge >= 0.3 is 0 Å². The maximum Gasteiger partial charge on any atom is 0.0641 e. The number of rotatable bonds is 43. The number of hydrogen-bond donors (Lipinski definition) is 2. The van der Waals surface area contributed by atoms with Crippen LogP contribution in [0.5, 0.6) is 0 Å². The van der Waals surface area contributed by atoms with E-state index in [1.165, 1.54) is 68.9 Å². The Hall–Kier alpha value is -4.24. The zero-order valence-corrected chi connectivity index (χ0v) is 47.4. The van der Waals surface area contributed by atoms with Crippen molar-refractivity contribution in [2.75, 3.05) is 13.2 Å². The number of aliphatic hydroxyl groups is 2. The average Bonchev–Trinajstić information content (AvgIpc) is 3.38. The number of unbranched alkanes of at least 4 members (excludes halogenated alkanes) is 9. The Morgan fingerprint density at radius 1 is 0.268 bits per heavy atom. The van der Waals surface area contributed by atoms with E-state index in [0.717, 1.165) is 128 Å². The van der Waals surface area contributed by atoms with E-state index in [9.17, 15) is 0 Å². The molecule has 0 spiro atoms. The number of aliphatic hydroxyl groups excluding tert-OH is 2. The van der Waals surface area contributed by atoms with Gasteiger partial charge in [-0.3, -0.25) is 0 Å². The van der Waals surface area contributed by atoms with Crippen molar-refractivity contribution in [2.45, 2.75) is 228 Å². The zero-order valence-electron chi connectivity index (χ0n) is 47.4. The molecule has 2 N–H and O–H groups in total. The molecule has 0 aliphatic rings. The van der Waals surface area contributed by atoms with Gasteiger partial charge in [0.05, 0.1) is 13.2 Å². The van der Waals surface area contributed by atoms with Crippen molar-refractivity contribution >= 4 is 0 Å². The third kappa shape index (κ3) is 70.1. The van der Waals surface area contributed by atoms with Crippen molar-refractivity contribution in [3.05, 3.63) is 193 Å². The predicted octanol–water partition coefficient (Wildman–Crippen LogP) is 22.0. The van der Waals surface area contributed by atoms with E-state index in [2.05, 4.69) is 218 Å². The van der Waals surface area contributed by atoms with Gasteiger partial charge in [0.2, 0.25) is 0 Å². The van der Waals surface area contributed by atoms with Gasteiger partial charge in [-0.1, -0.05) is 241 Å². The van der Waals surface area contributed by atoms with Crippen molar-refractivity contribution < 1.29 is 10.2 Å². The van der Waals surface area contributed by atoms with Crippen molar-refractivity contribution in [1.82, 2.24) is 0 Å². The summed E-state index contributed by atoms with van der Waals surface area (Å²) in [7, 11) is 0. The Morgan fingerprint density at radius 3 is 0.915 bits per heavy atom. The lowest BCUT2D eigenvalue weighted by molar-refractivity contribution is 0.327. The van der Waals surface area contributed by atoms with Crippen LogP contribution in [0.3, 0.4) is 0 Å². The lowest BCUT2D eigenvalue weighted by Crippen LogP contribution is -1.88. The summed E-state index contributed by atoms with van der Waals surface area (Å²) in [6, 6.07) is 0. The van der Waals surface area contributed by atoms with Gasteiger partial charge in [0, 0.05) is 0 Å². The molecule has 71 heavy (non-hydrogen) atoms. The molecule has 0 saturated heterocycles. The van der Waals surface area contributed by atoms with E-state index in [1.807, 2.05) is 6.92 Å². The summed E-state index contributed by atoms with van der Waals surface area (Å²) >= 11 is 0. The molecule has 0 bridgehead atoms. The van der Waals surface area contributed by atoms with Crippen molar-refractivity contribution in [3.63, 3.8) is 0 Å². The molecule has 0 rings (SSSR count). The summed E-state index contributed by atoms with van der Waals surface area (Å²) in [5.41, 5.74) is 3.79. The Kier molecular flexibility index (Phi) is 67.9. The number of allylic oxidation sites excluding steroid dienone is 30. The highest BCUT2D eigenvalue weighted by atomic mass is 16.3. The molecule has 0 atom stereocenters. The van der Waals surface area contributed by atoms with E-state index < -0.39 is 0 Å². The van der Waals surface area contributed by atoms with Crippen LogP contribution in [0.2, 0.25) is 0 Å². The molecule has 0 radical (unpaired) electrons. The molecular weight excluding hydrogens is 861 g/mol. The summed E-state index contributed by atoms with van der Waals surface area (Å²) in [6.07, 6.45) is 96.8. The fourth-order valence-corrected chi connectivity index (χ4v) is 6.73. The Bertz CT molecular complexity index is 1580. The van der Waals surface area contributed by atoms with Gasteiger partial charge in [0.1, 0.15) is 0 Å². The van der Waals surface area contributed by atoms with Gasteiger partial charge in [0.25, 0.3) is 0 Å². The molecule has 0 aromatic heterocycles. The predicted molar refractivity (Wildman–Crippen MR) is 326 cm³/mol. The van der Waals surface area contributed by atoms with Crippen LogP contribution in [-0.4, -0.2) is 23.4 Å². The largest absolute Gasteiger partial charge is 0.392 e. The monoisotopic (exact) mass is 973 g/mol. The second-order valence-corrected chi connectivity index (χ2v) is 17.9. The van der Waals surface area contributed by atoms with Crippen LogP contribution >= 0.6 is 0 Å². The molecule has 2 nitrogen and oxygen atoms in total. The molecule has 0 aromatic rings. The van der Waals surface area contributed by atoms with E-state index in [0.29, 0.717) is 0 Å². The highest BCUT2D eigenvalue weighted by Crippen LogP contribution is 2.11. The minimum absolute atomic E-state index is 0.182. The zero-order chi connectivity index (χ0) is 52.5. The van der Waals surface area contributed by atoms with Gasteiger partial charge in [-0.05, 0) is 180 Å². The van der Waals surface area contributed by atoms with Crippen LogP contribution in [0.4, 0.5) is 0 Å². The maximum absolute atomic E-state index is 9.07. The van der Waals surface area contributed by atoms with E-state index in [-0.39, 0.29) is 13.2 Å². The van der Waals surface area contributed by atoms with Gasteiger partial charge in [0.15, 0.2) is 0 Å². The van der Waals surface area contributed by atoms with E-state index in [1.54, 1.807) is 0 Å². The number of hydrogen-bond acceptors (Lipinski definition) is 2. The first-order valence-corrected chi connectivity index (χ1v) is 28.6. The topological polar surface area (TPSA) is 40.5 Å². The molecular formula is C69H112O2. The standard InChI is InChI=1S/C24H38.C23H36O.C22H38O/c1-4-6-7-8-9-10-11-12-13-14-15-16-17-18-19-20-21-23-24(3)22-5-2;1-3-4-5-6-7-8-9-10-11-12-13-14-15-16-17-18-19-20-21-23(2)22-24;1-3-5-6-7-8-9-10-11-12-13-14-15-16-17-18-19-20-22(4-2)21-23/h6-7,9-10,12-13,15-16,18-19,22H,4-5,8,11,14,17,20-21,23H2,1-3H3;4-5,7-8,10-11,13-14,16-17,21,24H,3,6,9,12,15,18-20,22H2,1-2H3;5-6,8-9,11-12,20,23H,3-4,7,10,13-19,21H2,1-2H3/b7-6-,10-9-,13-12-,16-15-,19-18-,24-22+;5-4-,8-7-,11-10-,14-13-,17-16-,23-21-;6-5-,9-8-,12-11-,22-20+. The Morgan fingerprint density at radius 2 is 0.577 bits per heavy atom. The minimum Gasteiger partial charge on any atom is -0.392 e. The van der Waals surface area contributed by atoms with Crippen LogP contribution in [-0.2, 0) is 0 Å². The maximum atomic E-state index is 9.07. The molecule has 0 amide bonds. The van der Waals surface area contributed by atoms with Crippen molar-refractivity contribution in [3.8, 4) is 0 Å². The van der Waals surface area contributed by atoms with Gasteiger partial charge in [-0.15, -0.1) is 0 Å². The molecule has 0 heterocycles. The van der Waals surface area contributed by atoms with Crippen LogP contribution in [0.15, 0.2) is 193 Å². The van der Waals surface area contributed by atoms with Gasteiger partial charge < -0.3 is 10.2 Å². The molecule has 0 aliphatic carbocycles. The summed E-state index contributed by atoms with van der Waals surface area (Å²) in [5.74, 6) is 0. The summed E-state index contributed by atoms with van der Waals surface area (Å²) in [4.78, 5) is 0. The minimum atomic E-state index is 0.182. The summed E-state index contributed by atoms with van der Waals surface area (Å²) < 4.78 is 0. The highest BCUT2D eigenvalue weighted by Gasteiger charge is 1.93. The van der Waals surface area contributed by atoms with E-state index >= 15 is 0 Å². The second kappa shape index (κ2) is 67.8. The van der Waals surface area contributed by atoms with Gasteiger partial charge in [-0.2, -0.15) is 0 Å². The first-order valence-electron chi connectivity index (χ1n) is 28.6. The molecule has 0 unspecified atom stereocenters. The third-order valence-electron chi connectivity index (χ3n) is 11.1. The van der Waals surface area contributed by atoms with Crippen LogP contribution in [0.1, 0.15) is 228 Å². The molecule has 0 aromatic carbocycles. The molecule has 0 aliphatic heterocycles. The Balaban J connectivity index is -0.000000977. The van der Waals surface area contributed by atoms with Crippen LogP contribution in [0.25, 0.3) is 0 Å². The van der Waals surface area contributed by atoms with Crippen molar-refractivity contribution in [2.24, 2.45) is 0 Å². The lowest BCUT2D eigenvalue weighted by Gasteiger charge is -2.01. The smallest absolute Gasteiger partial charge is 0.0641 e. The summed E-state index contributed by atoms with van der Waals surface area (Å²) in [5, 5.41) is 17.9. The van der Waals surface area contributed by atoms with Gasteiger partial charge in [-0.25, -0.2) is 0 Å². The molecule has 2 heteroatoms. The van der Waals surface area contributed by atoms with Crippen molar-refractivity contribution in [1.29, 1.82) is 0 Å². The van der Waals surface area contributed by atoms with Crippen LogP contribution in [0, 0.1) is 0 Å². The second-order valence-electron chi connectivity index (χ2n) is 17.9. The fourth-order valence-electron chi connectivity index (χ4n) is 6.73. The molecule has 0 fully saturated rings. The first-order chi connectivity index (χ1) is 35.0. The SMILES string of the molecule is CC/C=C\C/C=C\C/C=C\C/C=C\C/C=C\CCC/C(C)=C/CC.CC/C=C\C/C=C\C/C=C\C/C=C\C/C=C\CCC/C=C(/C)CO.CC/C=C\C/C=C\C/C=C\CCCCCCC/C=C(\CC)CO. The molecule has 0 saturated carbocycles. The Labute approximate surface area is 442 Å². The summed E-state index contributed by atoms with van der Waals surface area (Å²) in [6.45, 7) is 15.4. The lowest BCUT2D eigenvalue weighted by atomic mass is 10.1. The van der Waals surface area contributed by atoms with Crippen LogP contribution < -0.4 is 0 Å². The highest BCUT2D eigenvalue weighted by molar-refractivity contribution is 5.04. The normalized spacial score (nSPS) is 13.5. The quantitative estimate of drug-likeness (QED) is 0.0472. The van der Waals surface area contributed by atoms with E-state index in [4.69, 9.17) is 10.2 Å². The first kappa shape index (κ1) is 71.0. The molecule has 400 valence electrons. The third-order valence-corrected chi connectivity index (χ3v) is 11.1. The average molecular weight is 974 g/mol. The fraction of sp³-hybridized carbons (Fsp3) is 0.536.